The number of rotatable bonds is 8. The second-order valence-corrected chi connectivity index (χ2v) is 5.34. The van der Waals surface area contributed by atoms with Crippen LogP contribution in [0.15, 0.2) is 54.6 Å². The number of hydrogen-bond acceptors (Lipinski definition) is 3. The summed E-state index contributed by atoms with van der Waals surface area (Å²) in [7, 11) is 0. The van der Waals surface area contributed by atoms with Crippen LogP contribution in [0.5, 0.6) is 0 Å². The van der Waals surface area contributed by atoms with Crippen molar-refractivity contribution in [2.75, 3.05) is 11.9 Å². The maximum Gasteiger partial charge on any atom is 0.321 e. The third-order valence-electron chi connectivity index (χ3n) is 3.46. The highest BCUT2D eigenvalue weighted by molar-refractivity contribution is 5.94. The van der Waals surface area contributed by atoms with E-state index in [9.17, 15) is 19.1 Å². The Balaban J connectivity index is 1.82. The predicted octanol–water partition coefficient (Wildman–Crippen LogP) is 2.44. The molecule has 0 aromatic heterocycles. The maximum absolute atomic E-state index is 12.8. The molecule has 126 valence electrons. The summed E-state index contributed by atoms with van der Waals surface area (Å²) in [5, 5.41) is 14.7. The van der Waals surface area contributed by atoms with Crippen molar-refractivity contribution in [1.82, 2.24) is 5.32 Å². The van der Waals surface area contributed by atoms with Crippen LogP contribution in [0.3, 0.4) is 0 Å². The Hall–Kier alpha value is -2.73. The molecule has 0 fully saturated rings. The van der Waals surface area contributed by atoms with Crippen LogP contribution in [0.25, 0.3) is 0 Å². The molecule has 0 saturated heterocycles. The zero-order chi connectivity index (χ0) is 17.4. The molecule has 2 rings (SSSR count). The van der Waals surface area contributed by atoms with E-state index in [0.717, 1.165) is 5.56 Å². The van der Waals surface area contributed by atoms with Gasteiger partial charge in [0.2, 0.25) is 5.91 Å². The molecule has 0 aliphatic rings. The number of carbonyl (C=O) groups is 2. The average Bonchev–Trinajstić information content (AvgIpc) is 2.57. The fraction of sp³-hybridized carbons (Fsp3) is 0.222. The van der Waals surface area contributed by atoms with E-state index in [-0.39, 0.29) is 6.42 Å². The molecule has 0 aliphatic heterocycles. The van der Waals surface area contributed by atoms with Crippen LogP contribution in [0.1, 0.15) is 12.0 Å². The van der Waals surface area contributed by atoms with Gasteiger partial charge in [-0.1, -0.05) is 30.3 Å². The van der Waals surface area contributed by atoms with Crippen molar-refractivity contribution in [2.45, 2.75) is 18.9 Å². The summed E-state index contributed by atoms with van der Waals surface area (Å²) in [5.41, 5.74) is 1.51. The SMILES string of the molecule is O=C(CC(NCCc1ccccc1)C(=O)O)Nc1ccc(F)cc1. The molecule has 0 bridgehead atoms. The van der Waals surface area contributed by atoms with Gasteiger partial charge in [-0.2, -0.15) is 0 Å². The van der Waals surface area contributed by atoms with Crippen LogP contribution in [-0.4, -0.2) is 29.6 Å². The van der Waals surface area contributed by atoms with E-state index in [1.165, 1.54) is 24.3 Å². The molecule has 1 amide bonds. The molecule has 0 heterocycles. The molecular formula is C18H19FN2O3. The van der Waals surface area contributed by atoms with E-state index in [1.54, 1.807) is 0 Å². The van der Waals surface area contributed by atoms with Crippen LogP contribution < -0.4 is 10.6 Å². The molecule has 24 heavy (non-hydrogen) atoms. The molecule has 1 unspecified atom stereocenters. The van der Waals surface area contributed by atoms with E-state index in [0.29, 0.717) is 18.7 Å². The second kappa shape index (κ2) is 8.79. The van der Waals surface area contributed by atoms with Crippen molar-refractivity contribution in [3.05, 3.63) is 66.0 Å². The number of nitrogens with one attached hydrogen (secondary N) is 2. The topological polar surface area (TPSA) is 78.4 Å². The summed E-state index contributed by atoms with van der Waals surface area (Å²) < 4.78 is 12.8. The Bertz CT molecular complexity index is 674. The second-order valence-electron chi connectivity index (χ2n) is 5.34. The van der Waals surface area contributed by atoms with E-state index in [1.807, 2.05) is 30.3 Å². The van der Waals surface area contributed by atoms with Crippen molar-refractivity contribution in [1.29, 1.82) is 0 Å². The normalized spacial score (nSPS) is 11.7. The number of amides is 1. The lowest BCUT2D eigenvalue weighted by molar-refractivity contribution is -0.141. The lowest BCUT2D eigenvalue weighted by Crippen LogP contribution is -2.40. The Labute approximate surface area is 139 Å². The van der Waals surface area contributed by atoms with Gasteiger partial charge in [0.25, 0.3) is 0 Å². The molecule has 6 heteroatoms. The lowest BCUT2D eigenvalue weighted by atomic mass is 10.1. The van der Waals surface area contributed by atoms with E-state index >= 15 is 0 Å². The van der Waals surface area contributed by atoms with E-state index < -0.39 is 23.7 Å². The number of aliphatic carboxylic acids is 1. The molecule has 2 aromatic rings. The van der Waals surface area contributed by atoms with Gasteiger partial charge in [-0.3, -0.25) is 9.59 Å². The molecule has 3 N–H and O–H groups in total. The number of halogens is 1. The number of anilines is 1. The van der Waals surface area contributed by atoms with Gasteiger partial charge in [0, 0.05) is 5.69 Å². The number of carbonyl (C=O) groups excluding carboxylic acids is 1. The first kappa shape index (κ1) is 17.6. The van der Waals surface area contributed by atoms with Crippen LogP contribution >= 0.6 is 0 Å². The highest BCUT2D eigenvalue weighted by Gasteiger charge is 2.20. The van der Waals surface area contributed by atoms with E-state index in [2.05, 4.69) is 10.6 Å². The van der Waals surface area contributed by atoms with Crippen molar-refractivity contribution >= 4 is 17.6 Å². The highest BCUT2D eigenvalue weighted by atomic mass is 19.1. The summed E-state index contributed by atoms with van der Waals surface area (Å²) >= 11 is 0. The minimum absolute atomic E-state index is 0.207. The zero-order valence-corrected chi connectivity index (χ0v) is 13.0. The van der Waals surface area contributed by atoms with Crippen LogP contribution in [-0.2, 0) is 16.0 Å². The van der Waals surface area contributed by atoms with Crippen molar-refractivity contribution < 1.29 is 19.1 Å². The fourth-order valence-electron chi connectivity index (χ4n) is 2.21. The first-order valence-electron chi connectivity index (χ1n) is 7.60. The Morgan fingerprint density at radius 3 is 2.33 bits per heavy atom. The molecule has 5 nitrogen and oxygen atoms in total. The highest BCUT2D eigenvalue weighted by Crippen LogP contribution is 2.09. The molecular weight excluding hydrogens is 311 g/mol. The monoisotopic (exact) mass is 330 g/mol. The minimum atomic E-state index is -1.09. The summed E-state index contributed by atoms with van der Waals surface area (Å²) in [6.07, 6.45) is 0.464. The first-order chi connectivity index (χ1) is 11.5. The van der Waals surface area contributed by atoms with Crippen LogP contribution in [0.4, 0.5) is 10.1 Å². The first-order valence-corrected chi connectivity index (χ1v) is 7.60. The molecule has 0 aliphatic carbocycles. The molecule has 0 spiro atoms. The van der Waals surface area contributed by atoms with Crippen molar-refractivity contribution in [2.24, 2.45) is 0 Å². The summed E-state index contributed by atoms with van der Waals surface area (Å²) in [4.78, 5) is 23.2. The van der Waals surface area contributed by atoms with Crippen molar-refractivity contribution in [3.63, 3.8) is 0 Å². The largest absolute Gasteiger partial charge is 0.480 e. The number of carboxylic acid groups (broad SMARTS) is 1. The van der Waals surface area contributed by atoms with Gasteiger partial charge in [-0.15, -0.1) is 0 Å². The van der Waals surface area contributed by atoms with Gasteiger partial charge < -0.3 is 15.7 Å². The Morgan fingerprint density at radius 1 is 1.04 bits per heavy atom. The third-order valence-corrected chi connectivity index (χ3v) is 3.46. The molecule has 0 radical (unpaired) electrons. The molecule has 0 saturated carbocycles. The van der Waals surface area contributed by atoms with Gasteiger partial charge in [0.15, 0.2) is 0 Å². The molecule has 1 atom stereocenters. The van der Waals surface area contributed by atoms with Gasteiger partial charge in [-0.25, -0.2) is 4.39 Å². The van der Waals surface area contributed by atoms with E-state index in [4.69, 9.17) is 0 Å². The number of carboxylic acids is 1. The quantitative estimate of drug-likeness (QED) is 0.695. The smallest absolute Gasteiger partial charge is 0.321 e. The maximum atomic E-state index is 12.8. The number of hydrogen-bond donors (Lipinski definition) is 3. The summed E-state index contributed by atoms with van der Waals surface area (Å²) in [6.45, 7) is 0.449. The predicted molar refractivity (Wildman–Crippen MR) is 89.2 cm³/mol. The molecule has 2 aromatic carbocycles. The third kappa shape index (κ3) is 5.81. The standard InChI is InChI=1S/C18H19FN2O3/c19-14-6-8-15(9-7-14)21-17(22)12-16(18(23)24)20-11-10-13-4-2-1-3-5-13/h1-9,16,20H,10-12H2,(H,21,22)(H,23,24). The van der Waals surface area contributed by atoms with Crippen LogP contribution in [0.2, 0.25) is 0 Å². The minimum Gasteiger partial charge on any atom is -0.480 e. The summed E-state index contributed by atoms with van der Waals surface area (Å²) in [6, 6.07) is 14.0. The van der Waals surface area contributed by atoms with Crippen molar-refractivity contribution in [3.8, 4) is 0 Å². The Kier molecular flexibility index (Phi) is 6.45. The number of benzene rings is 2. The average molecular weight is 330 g/mol. The fourth-order valence-corrected chi connectivity index (χ4v) is 2.21. The lowest BCUT2D eigenvalue weighted by Gasteiger charge is -2.14. The van der Waals surface area contributed by atoms with Gasteiger partial charge in [0.1, 0.15) is 11.9 Å². The van der Waals surface area contributed by atoms with Gasteiger partial charge >= 0.3 is 5.97 Å². The summed E-state index contributed by atoms with van der Waals surface area (Å²) in [5.74, 6) is -1.93. The van der Waals surface area contributed by atoms with Gasteiger partial charge in [-0.05, 0) is 42.8 Å². The zero-order valence-electron chi connectivity index (χ0n) is 13.0. The Morgan fingerprint density at radius 2 is 1.71 bits per heavy atom. The van der Waals surface area contributed by atoms with Crippen LogP contribution in [0, 0.1) is 5.82 Å². The van der Waals surface area contributed by atoms with Gasteiger partial charge in [0.05, 0.1) is 6.42 Å².